The lowest BCUT2D eigenvalue weighted by atomic mass is 10.1. The molecule has 3 rings (SSSR count). The second-order valence-corrected chi connectivity index (χ2v) is 8.03. The van der Waals surface area contributed by atoms with Crippen LogP contribution >= 0.6 is 23.6 Å². The van der Waals surface area contributed by atoms with E-state index in [-0.39, 0.29) is 5.88 Å². The molecule has 0 atom stereocenters. The summed E-state index contributed by atoms with van der Waals surface area (Å²) >= 11 is 6.92. The van der Waals surface area contributed by atoms with Crippen LogP contribution in [0.1, 0.15) is 55.9 Å². The summed E-state index contributed by atoms with van der Waals surface area (Å²) in [6.45, 7) is 3.02. The normalized spacial score (nSPS) is 14.4. The van der Waals surface area contributed by atoms with Gasteiger partial charge in [-0.05, 0) is 30.8 Å². The van der Waals surface area contributed by atoms with Crippen LogP contribution in [0, 0.1) is 3.95 Å². The molecule has 0 saturated heterocycles. The molecule has 0 spiro atoms. The van der Waals surface area contributed by atoms with Gasteiger partial charge in [0.1, 0.15) is 0 Å². The van der Waals surface area contributed by atoms with Crippen molar-refractivity contribution in [2.75, 3.05) is 0 Å². The van der Waals surface area contributed by atoms with Crippen molar-refractivity contribution in [1.29, 1.82) is 0 Å². The van der Waals surface area contributed by atoms with E-state index in [0.29, 0.717) is 0 Å². The number of thiazole rings is 1. The zero-order chi connectivity index (χ0) is 17.6. The summed E-state index contributed by atoms with van der Waals surface area (Å²) in [5.74, 6) is 0.286. The summed E-state index contributed by atoms with van der Waals surface area (Å²) in [5, 5.41) is 10.6. The summed E-state index contributed by atoms with van der Waals surface area (Å²) < 4.78 is 2.60. The van der Waals surface area contributed by atoms with Gasteiger partial charge >= 0.3 is 0 Å². The zero-order valence-corrected chi connectivity index (χ0v) is 16.2. The average Bonchev–Trinajstić information content (AvgIpc) is 3.14. The van der Waals surface area contributed by atoms with E-state index in [9.17, 15) is 5.11 Å². The summed E-state index contributed by atoms with van der Waals surface area (Å²) in [6, 6.07) is 8.04. The van der Waals surface area contributed by atoms with Crippen molar-refractivity contribution >= 4 is 47.1 Å². The van der Waals surface area contributed by atoms with Gasteiger partial charge in [-0.1, -0.05) is 57.2 Å². The molecule has 1 N–H and O–H groups in total. The summed E-state index contributed by atoms with van der Waals surface area (Å²) in [7, 11) is 0. The Bertz CT molecular complexity index is 846. The number of rotatable bonds is 8. The molecule has 2 heterocycles. The van der Waals surface area contributed by atoms with Crippen LogP contribution in [0.4, 0.5) is 5.69 Å². The average molecular weight is 373 g/mol. The summed E-state index contributed by atoms with van der Waals surface area (Å²) in [4.78, 5) is 5.23. The molecule has 1 aliphatic heterocycles. The molecule has 2 aromatic rings. The molecular formula is C20H24N2OS2. The van der Waals surface area contributed by atoms with E-state index >= 15 is 0 Å². The minimum Gasteiger partial charge on any atom is -0.493 e. The highest BCUT2D eigenvalue weighted by Gasteiger charge is 2.15. The van der Waals surface area contributed by atoms with Crippen molar-refractivity contribution in [2.45, 2.75) is 52.0 Å². The van der Waals surface area contributed by atoms with E-state index in [1.807, 2.05) is 35.1 Å². The summed E-state index contributed by atoms with van der Waals surface area (Å²) in [6.07, 6.45) is 11.2. The monoisotopic (exact) mass is 372 g/mol. The third-order valence-electron chi connectivity index (χ3n) is 4.47. The fourth-order valence-electron chi connectivity index (χ4n) is 3.05. The van der Waals surface area contributed by atoms with Gasteiger partial charge in [0.2, 0.25) is 5.88 Å². The largest absolute Gasteiger partial charge is 0.493 e. The SMILES string of the molecule is CCCCCCCCn1c(O)c(/C=C2\C=Nc3ccccc32)sc1=S. The van der Waals surface area contributed by atoms with E-state index in [1.165, 1.54) is 43.4 Å². The highest BCUT2D eigenvalue weighted by Crippen LogP contribution is 2.35. The number of benzene rings is 1. The highest BCUT2D eigenvalue weighted by atomic mass is 32.1. The van der Waals surface area contributed by atoms with Crippen LogP contribution in [-0.2, 0) is 6.54 Å². The van der Waals surface area contributed by atoms with Crippen LogP contribution in [-0.4, -0.2) is 15.9 Å². The molecule has 1 aromatic heterocycles. The van der Waals surface area contributed by atoms with Gasteiger partial charge in [0, 0.05) is 23.9 Å². The molecule has 0 bridgehead atoms. The molecule has 0 amide bonds. The van der Waals surface area contributed by atoms with E-state index in [0.717, 1.165) is 38.6 Å². The Morgan fingerprint density at radius 1 is 1.16 bits per heavy atom. The van der Waals surface area contributed by atoms with Gasteiger partial charge in [0.05, 0.1) is 10.6 Å². The number of aliphatic imine (C=N–C) groups is 1. The highest BCUT2D eigenvalue weighted by molar-refractivity contribution is 7.73. The first-order valence-electron chi connectivity index (χ1n) is 8.98. The smallest absolute Gasteiger partial charge is 0.210 e. The molecule has 0 aliphatic carbocycles. The van der Waals surface area contributed by atoms with Gasteiger partial charge < -0.3 is 5.11 Å². The maximum atomic E-state index is 10.6. The first-order chi connectivity index (χ1) is 12.2. The van der Waals surface area contributed by atoms with Crippen LogP contribution in [0.2, 0.25) is 0 Å². The first-order valence-corrected chi connectivity index (χ1v) is 10.2. The maximum absolute atomic E-state index is 10.6. The Morgan fingerprint density at radius 2 is 1.92 bits per heavy atom. The lowest BCUT2D eigenvalue weighted by Gasteiger charge is -2.05. The van der Waals surface area contributed by atoms with Crippen molar-refractivity contribution in [1.82, 2.24) is 4.57 Å². The second kappa shape index (κ2) is 8.59. The predicted molar refractivity (Wildman–Crippen MR) is 111 cm³/mol. The number of allylic oxidation sites excluding steroid dienone is 1. The predicted octanol–water partition coefficient (Wildman–Crippen LogP) is 6.60. The van der Waals surface area contributed by atoms with Crippen LogP contribution < -0.4 is 0 Å². The fraction of sp³-hybridized carbons (Fsp3) is 0.400. The lowest BCUT2D eigenvalue weighted by molar-refractivity contribution is 0.407. The minimum atomic E-state index is 0.286. The van der Waals surface area contributed by atoms with Gasteiger partial charge in [0.15, 0.2) is 3.95 Å². The zero-order valence-electron chi connectivity index (χ0n) is 14.6. The molecule has 1 aliphatic rings. The third-order valence-corrected chi connectivity index (χ3v) is 5.86. The number of aromatic hydroxyl groups is 1. The molecule has 0 fully saturated rings. The Balaban J connectivity index is 1.70. The third kappa shape index (κ3) is 4.28. The van der Waals surface area contributed by atoms with Crippen molar-refractivity contribution in [3.63, 3.8) is 0 Å². The number of nitrogens with zero attached hydrogens (tertiary/aromatic N) is 2. The van der Waals surface area contributed by atoms with Crippen LogP contribution in [0.15, 0.2) is 29.3 Å². The number of hydrogen-bond acceptors (Lipinski definition) is 4. The molecule has 132 valence electrons. The standard InChI is InChI=1S/C20H24N2OS2/c1-2-3-4-5-6-9-12-22-19(23)18(25-20(22)24)13-15-14-21-17-11-8-7-10-16(15)17/h7-8,10-11,13-14,23H,2-6,9,12H2,1H3/b15-13+. The van der Waals surface area contributed by atoms with Crippen LogP contribution in [0.5, 0.6) is 5.88 Å². The molecule has 0 saturated carbocycles. The van der Waals surface area contributed by atoms with Gasteiger partial charge in [-0.25, -0.2) is 0 Å². The van der Waals surface area contributed by atoms with E-state index in [4.69, 9.17) is 12.2 Å². The fourth-order valence-corrected chi connectivity index (χ4v) is 4.36. The second-order valence-electron chi connectivity index (χ2n) is 6.35. The van der Waals surface area contributed by atoms with Crippen LogP contribution in [0.25, 0.3) is 11.6 Å². The Labute approximate surface area is 158 Å². The van der Waals surface area contributed by atoms with E-state index in [1.54, 1.807) is 0 Å². The van der Waals surface area contributed by atoms with Crippen molar-refractivity contribution in [3.8, 4) is 5.88 Å². The molecule has 25 heavy (non-hydrogen) atoms. The Morgan fingerprint density at radius 3 is 2.76 bits per heavy atom. The van der Waals surface area contributed by atoms with Crippen molar-refractivity contribution in [2.24, 2.45) is 4.99 Å². The Hall–Kier alpha value is -1.72. The lowest BCUT2D eigenvalue weighted by Crippen LogP contribution is -1.97. The topological polar surface area (TPSA) is 37.5 Å². The van der Waals surface area contributed by atoms with Gasteiger partial charge in [0.25, 0.3) is 0 Å². The quantitative estimate of drug-likeness (QED) is 0.418. The number of unbranched alkanes of at least 4 members (excludes halogenated alkanes) is 5. The molecule has 0 radical (unpaired) electrons. The molecular weight excluding hydrogens is 348 g/mol. The molecule has 0 unspecified atom stereocenters. The Kier molecular flexibility index (Phi) is 6.21. The van der Waals surface area contributed by atoms with Gasteiger partial charge in [-0.3, -0.25) is 9.56 Å². The van der Waals surface area contributed by atoms with Crippen molar-refractivity contribution in [3.05, 3.63) is 38.7 Å². The maximum Gasteiger partial charge on any atom is 0.210 e. The van der Waals surface area contributed by atoms with Crippen molar-refractivity contribution < 1.29 is 5.11 Å². The van der Waals surface area contributed by atoms with Crippen LogP contribution in [0.3, 0.4) is 0 Å². The number of aromatic nitrogens is 1. The number of fused-ring (bicyclic) bond motifs is 1. The van der Waals surface area contributed by atoms with Gasteiger partial charge in [-0.15, -0.1) is 11.3 Å². The number of para-hydroxylation sites is 1. The first kappa shape index (κ1) is 18.1. The van der Waals surface area contributed by atoms with E-state index in [2.05, 4.69) is 18.0 Å². The van der Waals surface area contributed by atoms with E-state index < -0.39 is 0 Å². The van der Waals surface area contributed by atoms with Gasteiger partial charge in [-0.2, -0.15) is 0 Å². The minimum absolute atomic E-state index is 0.286. The molecule has 5 heteroatoms. The molecule has 1 aromatic carbocycles. The molecule has 3 nitrogen and oxygen atoms in total. The summed E-state index contributed by atoms with van der Waals surface area (Å²) in [5.41, 5.74) is 3.10. The number of hydrogen-bond donors (Lipinski definition) is 1.